The SMILES string of the molecule is CNC(c1cccc(C)c1)C1CCC(C)CC1. The quantitative estimate of drug-likeness (QED) is 0.826. The van der Waals surface area contributed by atoms with Crippen LogP contribution in [0.3, 0.4) is 0 Å². The molecule has 1 aromatic rings. The minimum Gasteiger partial charge on any atom is -0.313 e. The predicted octanol–water partition coefficient (Wildman–Crippen LogP) is 4.08. The Morgan fingerprint density at radius 1 is 1.18 bits per heavy atom. The zero-order valence-corrected chi connectivity index (χ0v) is 11.4. The molecule has 0 spiro atoms. The normalized spacial score (nSPS) is 26.8. The third-order valence-electron chi connectivity index (χ3n) is 4.24. The highest BCUT2D eigenvalue weighted by atomic mass is 14.9. The fraction of sp³-hybridized carbons (Fsp3) is 0.625. The van der Waals surface area contributed by atoms with Gasteiger partial charge in [0, 0.05) is 6.04 Å². The lowest BCUT2D eigenvalue weighted by molar-refractivity contribution is 0.238. The Kier molecular flexibility index (Phi) is 4.22. The van der Waals surface area contributed by atoms with Crippen LogP contribution in [0.1, 0.15) is 49.8 Å². The Morgan fingerprint density at radius 3 is 2.47 bits per heavy atom. The van der Waals surface area contributed by atoms with Gasteiger partial charge in [0.05, 0.1) is 0 Å². The summed E-state index contributed by atoms with van der Waals surface area (Å²) in [6.45, 7) is 4.57. The van der Waals surface area contributed by atoms with Crippen LogP contribution in [-0.4, -0.2) is 7.05 Å². The molecule has 1 aliphatic carbocycles. The zero-order chi connectivity index (χ0) is 12.3. The number of rotatable bonds is 3. The summed E-state index contributed by atoms with van der Waals surface area (Å²) >= 11 is 0. The van der Waals surface area contributed by atoms with Crippen molar-refractivity contribution in [1.29, 1.82) is 0 Å². The van der Waals surface area contributed by atoms with Crippen molar-refractivity contribution < 1.29 is 0 Å². The Labute approximate surface area is 106 Å². The van der Waals surface area contributed by atoms with Crippen LogP contribution in [0, 0.1) is 18.8 Å². The zero-order valence-electron chi connectivity index (χ0n) is 11.4. The van der Waals surface area contributed by atoms with Crippen LogP contribution < -0.4 is 5.32 Å². The van der Waals surface area contributed by atoms with E-state index in [0.717, 1.165) is 11.8 Å². The number of benzene rings is 1. The van der Waals surface area contributed by atoms with E-state index in [1.807, 2.05) is 0 Å². The second-order valence-electron chi connectivity index (χ2n) is 5.70. The Hall–Kier alpha value is -0.820. The minimum absolute atomic E-state index is 0.544. The third-order valence-corrected chi connectivity index (χ3v) is 4.24. The van der Waals surface area contributed by atoms with E-state index in [1.54, 1.807) is 0 Å². The van der Waals surface area contributed by atoms with Gasteiger partial charge in [-0.15, -0.1) is 0 Å². The van der Waals surface area contributed by atoms with Crippen molar-refractivity contribution in [2.24, 2.45) is 11.8 Å². The minimum atomic E-state index is 0.544. The van der Waals surface area contributed by atoms with E-state index in [4.69, 9.17) is 0 Å². The second-order valence-corrected chi connectivity index (χ2v) is 5.70. The summed E-state index contributed by atoms with van der Waals surface area (Å²) < 4.78 is 0. The number of nitrogens with one attached hydrogen (secondary N) is 1. The molecule has 0 saturated heterocycles. The first kappa shape index (κ1) is 12.6. The predicted molar refractivity (Wildman–Crippen MR) is 74.1 cm³/mol. The molecule has 0 aliphatic heterocycles. The summed E-state index contributed by atoms with van der Waals surface area (Å²) in [5.74, 6) is 1.75. The highest BCUT2D eigenvalue weighted by Gasteiger charge is 2.26. The molecule has 1 fully saturated rings. The Balaban J connectivity index is 2.10. The average Bonchev–Trinajstić information content (AvgIpc) is 2.33. The molecule has 0 amide bonds. The first-order valence-electron chi connectivity index (χ1n) is 6.94. The maximum absolute atomic E-state index is 3.53. The number of hydrogen-bond donors (Lipinski definition) is 1. The maximum atomic E-state index is 3.53. The number of aryl methyl sites for hydroxylation is 1. The average molecular weight is 231 g/mol. The van der Waals surface area contributed by atoms with Crippen LogP contribution in [0.5, 0.6) is 0 Å². The molecule has 1 nitrogen and oxygen atoms in total. The molecule has 1 aliphatic rings. The van der Waals surface area contributed by atoms with Crippen molar-refractivity contribution >= 4 is 0 Å². The van der Waals surface area contributed by atoms with E-state index >= 15 is 0 Å². The molecule has 0 bridgehead atoms. The molecule has 1 N–H and O–H groups in total. The largest absolute Gasteiger partial charge is 0.313 e. The van der Waals surface area contributed by atoms with Crippen LogP contribution in [0.4, 0.5) is 0 Å². The summed E-state index contributed by atoms with van der Waals surface area (Å²) in [5, 5.41) is 3.53. The van der Waals surface area contributed by atoms with Crippen LogP contribution in [0.25, 0.3) is 0 Å². The van der Waals surface area contributed by atoms with Crippen LogP contribution >= 0.6 is 0 Å². The van der Waals surface area contributed by atoms with Gasteiger partial charge in [-0.1, -0.05) is 49.6 Å². The Bertz CT molecular complexity index is 350. The van der Waals surface area contributed by atoms with E-state index in [9.17, 15) is 0 Å². The van der Waals surface area contributed by atoms with Crippen molar-refractivity contribution in [3.63, 3.8) is 0 Å². The lowest BCUT2D eigenvalue weighted by Gasteiger charge is -2.33. The van der Waals surface area contributed by atoms with E-state index in [1.165, 1.54) is 36.8 Å². The van der Waals surface area contributed by atoms with Crippen molar-refractivity contribution in [2.75, 3.05) is 7.05 Å². The highest BCUT2D eigenvalue weighted by molar-refractivity contribution is 5.25. The fourth-order valence-electron chi connectivity index (χ4n) is 3.16. The van der Waals surface area contributed by atoms with Crippen molar-refractivity contribution in [3.05, 3.63) is 35.4 Å². The monoisotopic (exact) mass is 231 g/mol. The molecular formula is C16H25N. The topological polar surface area (TPSA) is 12.0 Å². The smallest absolute Gasteiger partial charge is 0.0346 e. The van der Waals surface area contributed by atoms with E-state index in [0.29, 0.717) is 6.04 Å². The van der Waals surface area contributed by atoms with Crippen LogP contribution in [0.15, 0.2) is 24.3 Å². The number of hydrogen-bond acceptors (Lipinski definition) is 1. The van der Waals surface area contributed by atoms with E-state index in [-0.39, 0.29) is 0 Å². The molecule has 94 valence electrons. The van der Waals surface area contributed by atoms with Gasteiger partial charge in [0.1, 0.15) is 0 Å². The van der Waals surface area contributed by atoms with Gasteiger partial charge in [0.2, 0.25) is 0 Å². The first-order chi connectivity index (χ1) is 8.20. The van der Waals surface area contributed by atoms with Crippen LogP contribution in [-0.2, 0) is 0 Å². The van der Waals surface area contributed by atoms with Gasteiger partial charge in [-0.25, -0.2) is 0 Å². The standard InChI is InChI=1S/C16H25N/c1-12-7-9-14(10-8-12)16(17-3)15-6-4-5-13(2)11-15/h4-6,11-12,14,16-17H,7-10H2,1-3H3. The maximum Gasteiger partial charge on any atom is 0.0346 e. The van der Waals surface area contributed by atoms with Gasteiger partial charge in [-0.05, 0) is 44.2 Å². The molecule has 0 heterocycles. The molecule has 1 unspecified atom stereocenters. The van der Waals surface area contributed by atoms with Gasteiger partial charge < -0.3 is 5.32 Å². The molecule has 0 radical (unpaired) electrons. The van der Waals surface area contributed by atoms with E-state index in [2.05, 4.69) is 50.5 Å². The lowest BCUT2D eigenvalue weighted by Crippen LogP contribution is -2.28. The van der Waals surface area contributed by atoms with Gasteiger partial charge in [0.15, 0.2) is 0 Å². The second kappa shape index (κ2) is 5.68. The van der Waals surface area contributed by atoms with Crippen LogP contribution in [0.2, 0.25) is 0 Å². The molecule has 0 aromatic heterocycles. The van der Waals surface area contributed by atoms with Gasteiger partial charge in [-0.3, -0.25) is 0 Å². The van der Waals surface area contributed by atoms with Gasteiger partial charge in [-0.2, -0.15) is 0 Å². The molecule has 1 saturated carbocycles. The van der Waals surface area contributed by atoms with Crippen molar-refractivity contribution in [3.8, 4) is 0 Å². The summed E-state index contributed by atoms with van der Waals surface area (Å²) in [7, 11) is 2.10. The molecular weight excluding hydrogens is 206 g/mol. The summed E-state index contributed by atoms with van der Waals surface area (Å²) in [6.07, 6.45) is 5.55. The highest BCUT2D eigenvalue weighted by Crippen LogP contribution is 2.36. The third kappa shape index (κ3) is 3.10. The van der Waals surface area contributed by atoms with Crippen molar-refractivity contribution in [1.82, 2.24) is 5.32 Å². The lowest BCUT2D eigenvalue weighted by atomic mass is 9.77. The molecule has 1 atom stereocenters. The van der Waals surface area contributed by atoms with Crippen molar-refractivity contribution in [2.45, 2.75) is 45.6 Å². The van der Waals surface area contributed by atoms with Gasteiger partial charge >= 0.3 is 0 Å². The molecule has 1 aromatic carbocycles. The van der Waals surface area contributed by atoms with E-state index < -0.39 is 0 Å². The first-order valence-corrected chi connectivity index (χ1v) is 6.94. The van der Waals surface area contributed by atoms with Gasteiger partial charge in [0.25, 0.3) is 0 Å². The summed E-state index contributed by atoms with van der Waals surface area (Å²) in [6, 6.07) is 9.51. The summed E-state index contributed by atoms with van der Waals surface area (Å²) in [5.41, 5.74) is 2.83. The Morgan fingerprint density at radius 2 is 1.88 bits per heavy atom. The molecule has 17 heavy (non-hydrogen) atoms. The molecule has 1 heteroatoms. The summed E-state index contributed by atoms with van der Waals surface area (Å²) in [4.78, 5) is 0. The fourth-order valence-corrected chi connectivity index (χ4v) is 3.16. The molecule has 2 rings (SSSR count).